The summed E-state index contributed by atoms with van der Waals surface area (Å²) in [6, 6.07) is 15.5. The summed E-state index contributed by atoms with van der Waals surface area (Å²) in [5, 5.41) is 0. The van der Waals surface area contributed by atoms with Gasteiger partial charge in [0.25, 0.3) is 21.3 Å². The molecule has 0 bridgehead atoms. The van der Waals surface area contributed by atoms with Crippen LogP contribution >= 0.6 is 0 Å². The molecule has 0 amide bonds. The minimum atomic E-state index is -3.87. The fourth-order valence-corrected chi connectivity index (χ4v) is 5.48. The Hall–Kier alpha value is -1.54. The average Bonchev–Trinajstić information content (AvgIpc) is 2.90. The van der Waals surface area contributed by atoms with Gasteiger partial charge in [-0.25, -0.2) is 12.6 Å². The van der Waals surface area contributed by atoms with Crippen LogP contribution in [0.25, 0.3) is 0 Å². The second-order valence-corrected chi connectivity index (χ2v) is 8.53. The molecule has 2 aromatic carbocycles. The molecule has 3 rings (SSSR count). The van der Waals surface area contributed by atoms with Crippen molar-refractivity contribution in [2.45, 2.75) is 24.3 Å². The zero-order valence-corrected chi connectivity index (χ0v) is 14.2. The first-order valence-electron chi connectivity index (χ1n) is 7.18. The smallest absolute Gasteiger partial charge is 0.256 e. The van der Waals surface area contributed by atoms with Crippen LogP contribution in [-0.4, -0.2) is 29.0 Å². The van der Waals surface area contributed by atoms with Gasteiger partial charge in [-0.1, -0.05) is 51.7 Å². The molecular weight excluding hydrogens is 334 g/mol. The molecule has 2 atom stereocenters. The summed E-state index contributed by atoms with van der Waals surface area (Å²) in [7, 11) is -3.87. The van der Waals surface area contributed by atoms with Gasteiger partial charge < -0.3 is 0 Å². The lowest BCUT2D eigenvalue weighted by atomic mass is 10.1. The van der Waals surface area contributed by atoms with Gasteiger partial charge in [0, 0.05) is 0 Å². The van der Waals surface area contributed by atoms with Gasteiger partial charge in [-0.3, -0.25) is 4.18 Å². The van der Waals surface area contributed by atoms with E-state index < -0.39 is 27.3 Å². The summed E-state index contributed by atoms with van der Waals surface area (Å²) in [4.78, 5) is 0.125. The first kappa shape index (κ1) is 16.3. The van der Waals surface area contributed by atoms with Gasteiger partial charge in [-0.05, 0) is 31.0 Å². The van der Waals surface area contributed by atoms with Crippen molar-refractivity contribution in [3.8, 4) is 0 Å². The van der Waals surface area contributed by atoms with Crippen molar-refractivity contribution < 1.29 is 16.8 Å². The van der Waals surface area contributed by atoms with E-state index in [9.17, 15) is 12.6 Å². The van der Waals surface area contributed by atoms with Crippen molar-refractivity contribution in [3.63, 3.8) is 0 Å². The molecule has 1 saturated heterocycles. The predicted octanol–water partition coefficient (Wildman–Crippen LogP) is 2.21. The highest BCUT2D eigenvalue weighted by Crippen LogP contribution is 2.27. The topological polar surface area (TPSA) is 63.7 Å². The van der Waals surface area contributed by atoms with Crippen LogP contribution in [0, 0.1) is 6.92 Å². The van der Waals surface area contributed by atoms with E-state index >= 15 is 0 Å². The van der Waals surface area contributed by atoms with Gasteiger partial charge in [0.2, 0.25) is 0 Å². The Balaban J connectivity index is 1.91. The highest BCUT2D eigenvalue weighted by Gasteiger charge is 2.42. The molecule has 1 heterocycles. The number of rotatable bonds is 4. The molecular formula is C16H17NO4S2. The molecule has 1 aliphatic heterocycles. The summed E-state index contributed by atoms with van der Waals surface area (Å²) in [6.07, 6.45) is 0.456. The zero-order valence-electron chi connectivity index (χ0n) is 12.6. The van der Waals surface area contributed by atoms with E-state index in [-0.39, 0.29) is 11.5 Å². The van der Waals surface area contributed by atoms with E-state index in [0.717, 1.165) is 14.8 Å². The minimum Gasteiger partial charge on any atom is -0.276 e. The molecule has 122 valence electrons. The fraction of sp³-hybridized carbons (Fsp3) is 0.250. The maximum absolute atomic E-state index is 12.8. The van der Waals surface area contributed by atoms with Crippen LogP contribution in [-0.2, 0) is 31.9 Å². The zero-order chi connectivity index (χ0) is 16.4. The third-order valence-corrected chi connectivity index (χ3v) is 7.20. The standard InChI is InChI=1S/C16H17NO4S2/c1-13-7-9-16(10-8-13)23(19,20)17-15(12-21-22(17)18)11-14-5-3-2-4-6-14/h2-10,15H,11-12H2,1H3/t15-,22+/m0/s1. The molecule has 1 fully saturated rings. The number of aryl methyl sites for hydroxylation is 1. The van der Waals surface area contributed by atoms with Crippen molar-refractivity contribution in [2.24, 2.45) is 0 Å². The van der Waals surface area contributed by atoms with E-state index in [1.807, 2.05) is 37.3 Å². The van der Waals surface area contributed by atoms with Crippen LogP contribution in [0.1, 0.15) is 11.1 Å². The second kappa shape index (κ2) is 6.52. The second-order valence-electron chi connectivity index (χ2n) is 5.42. The lowest BCUT2D eigenvalue weighted by Gasteiger charge is -2.20. The summed E-state index contributed by atoms with van der Waals surface area (Å²) < 4.78 is 43.8. The first-order valence-corrected chi connectivity index (χ1v) is 9.66. The lowest BCUT2D eigenvalue weighted by molar-refractivity contribution is 0.340. The first-order chi connectivity index (χ1) is 11.0. The Morgan fingerprint density at radius 3 is 2.43 bits per heavy atom. The molecule has 1 aliphatic rings. The van der Waals surface area contributed by atoms with E-state index in [2.05, 4.69) is 0 Å². The van der Waals surface area contributed by atoms with Crippen LogP contribution in [0.5, 0.6) is 0 Å². The van der Waals surface area contributed by atoms with Gasteiger partial charge in [0.1, 0.15) is 0 Å². The average molecular weight is 351 g/mol. The number of benzene rings is 2. The Kier molecular flexibility index (Phi) is 4.63. The summed E-state index contributed by atoms with van der Waals surface area (Å²) in [6.45, 7) is 2.00. The van der Waals surface area contributed by atoms with E-state index in [1.165, 1.54) is 12.1 Å². The summed E-state index contributed by atoms with van der Waals surface area (Å²) in [5.74, 6) is 0. The third kappa shape index (κ3) is 3.37. The van der Waals surface area contributed by atoms with Crippen LogP contribution < -0.4 is 0 Å². The largest absolute Gasteiger partial charge is 0.276 e. The van der Waals surface area contributed by atoms with Crippen LogP contribution in [0.15, 0.2) is 59.5 Å². The van der Waals surface area contributed by atoms with E-state index in [4.69, 9.17) is 4.18 Å². The Labute approximate surface area is 138 Å². The fourth-order valence-electron chi connectivity index (χ4n) is 2.48. The van der Waals surface area contributed by atoms with E-state index in [1.54, 1.807) is 12.1 Å². The maximum atomic E-state index is 12.8. The van der Waals surface area contributed by atoms with Gasteiger partial charge in [0.05, 0.1) is 17.5 Å². The molecule has 23 heavy (non-hydrogen) atoms. The SMILES string of the molecule is Cc1ccc(S(=O)(=O)N2[C@@H](Cc3ccccc3)CO[S@]2=O)cc1. The predicted molar refractivity (Wildman–Crippen MR) is 88.2 cm³/mol. The monoisotopic (exact) mass is 351 g/mol. The van der Waals surface area contributed by atoms with Crippen LogP contribution in [0.2, 0.25) is 0 Å². The van der Waals surface area contributed by atoms with E-state index in [0.29, 0.717) is 6.42 Å². The summed E-state index contributed by atoms with van der Waals surface area (Å²) in [5.41, 5.74) is 1.94. The summed E-state index contributed by atoms with van der Waals surface area (Å²) >= 11 is -1.99. The molecule has 2 aromatic rings. The van der Waals surface area contributed by atoms with Crippen molar-refractivity contribution >= 4 is 21.3 Å². The van der Waals surface area contributed by atoms with Crippen molar-refractivity contribution in [1.29, 1.82) is 0 Å². The highest BCUT2D eigenvalue weighted by atomic mass is 32.3. The minimum absolute atomic E-state index is 0.118. The lowest BCUT2D eigenvalue weighted by Crippen LogP contribution is -2.38. The Morgan fingerprint density at radius 2 is 1.78 bits per heavy atom. The third-order valence-electron chi connectivity index (χ3n) is 3.68. The molecule has 0 aromatic heterocycles. The molecule has 0 radical (unpaired) electrons. The quantitative estimate of drug-likeness (QED) is 0.847. The van der Waals surface area contributed by atoms with Crippen molar-refractivity contribution in [2.75, 3.05) is 6.61 Å². The number of hydrogen-bond donors (Lipinski definition) is 0. The van der Waals surface area contributed by atoms with Gasteiger partial charge >= 0.3 is 0 Å². The molecule has 0 unspecified atom stereocenters. The number of sulfonamides is 1. The van der Waals surface area contributed by atoms with Crippen molar-refractivity contribution in [3.05, 3.63) is 65.7 Å². The molecule has 5 nitrogen and oxygen atoms in total. The molecule has 0 spiro atoms. The number of hydrogen-bond acceptors (Lipinski definition) is 4. The Morgan fingerprint density at radius 1 is 1.13 bits per heavy atom. The maximum Gasteiger partial charge on any atom is 0.256 e. The van der Waals surface area contributed by atoms with Crippen LogP contribution in [0.4, 0.5) is 0 Å². The van der Waals surface area contributed by atoms with Gasteiger partial charge in [-0.2, -0.15) is 0 Å². The van der Waals surface area contributed by atoms with Gasteiger partial charge in [-0.15, -0.1) is 0 Å². The molecule has 0 N–H and O–H groups in total. The molecule has 0 aliphatic carbocycles. The van der Waals surface area contributed by atoms with Gasteiger partial charge in [0.15, 0.2) is 0 Å². The number of nitrogens with zero attached hydrogens (tertiary/aromatic N) is 1. The Bertz CT molecular complexity index is 804. The highest BCUT2D eigenvalue weighted by molar-refractivity contribution is 7.99. The molecule has 7 heteroatoms. The molecule has 0 saturated carbocycles. The normalized spacial score (nSPS) is 22.3. The van der Waals surface area contributed by atoms with Crippen molar-refractivity contribution in [1.82, 2.24) is 3.71 Å². The van der Waals surface area contributed by atoms with Crippen LogP contribution in [0.3, 0.4) is 0 Å².